The zero-order valence-electron chi connectivity index (χ0n) is 8.76. The number of thiophene rings is 1. The Hall–Kier alpha value is -0.590. The quantitative estimate of drug-likeness (QED) is 0.603. The molecule has 92 valence electrons. The molecule has 1 aromatic rings. The van der Waals surface area contributed by atoms with Crippen molar-refractivity contribution in [3.63, 3.8) is 0 Å². The number of hydrogen-bond acceptors (Lipinski definition) is 3. The molecular formula is C10H15F3N2S. The predicted octanol–water partition coefficient (Wildman–Crippen LogP) is 2.86. The highest BCUT2D eigenvalue weighted by atomic mass is 32.1. The van der Waals surface area contributed by atoms with Crippen molar-refractivity contribution in [2.45, 2.75) is 37.9 Å². The van der Waals surface area contributed by atoms with Crippen LogP contribution in [-0.2, 0) is 6.42 Å². The predicted molar refractivity (Wildman–Crippen MR) is 59.0 cm³/mol. The standard InChI is InChI=1S/C10H15F3N2S/c11-10(12,13)5-3-9(15-14)2-1-8-4-6-16-7-8/h4,6-7,9,15H,1-3,5,14H2. The Kier molecular flexibility index (Phi) is 5.24. The van der Waals surface area contributed by atoms with Crippen LogP contribution >= 0.6 is 11.3 Å². The first-order chi connectivity index (χ1) is 7.51. The molecule has 0 radical (unpaired) electrons. The number of aryl methyl sites for hydroxylation is 1. The molecule has 1 rings (SSSR count). The van der Waals surface area contributed by atoms with Gasteiger partial charge in [0, 0.05) is 12.5 Å². The van der Waals surface area contributed by atoms with Gasteiger partial charge in [0.25, 0.3) is 0 Å². The van der Waals surface area contributed by atoms with E-state index in [2.05, 4.69) is 5.43 Å². The molecule has 1 unspecified atom stereocenters. The highest BCUT2D eigenvalue weighted by molar-refractivity contribution is 7.07. The van der Waals surface area contributed by atoms with Crippen LogP contribution in [-0.4, -0.2) is 12.2 Å². The Morgan fingerprint density at radius 2 is 2.12 bits per heavy atom. The highest BCUT2D eigenvalue weighted by Crippen LogP contribution is 2.23. The van der Waals surface area contributed by atoms with E-state index in [4.69, 9.17) is 5.84 Å². The van der Waals surface area contributed by atoms with E-state index in [0.29, 0.717) is 6.42 Å². The van der Waals surface area contributed by atoms with Gasteiger partial charge in [0.2, 0.25) is 0 Å². The number of alkyl halides is 3. The lowest BCUT2D eigenvalue weighted by molar-refractivity contribution is -0.136. The van der Waals surface area contributed by atoms with Gasteiger partial charge in [-0.1, -0.05) is 0 Å². The molecule has 0 aliphatic carbocycles. The van der Waals surface area contributed by atoms with Crippen molar-refractivity contribution in [3.05, 3.63) is 22.4 Å². The highest BCUT2D eigenvalue weighted by Gasteiger charge is 2.27. The topological polar surface area (TPSA) is 38.0 Å². The maximum Gasteiger partial charge on any atom is 0.389 e. The smallest absolute Gasteiger partial charge is 0.271 e. The molecule has 0 aliphatic rings. The van der Waals surface area contributed by atoms with Crippen molar-refractivity contribution in [1.29, 1.82) is 0 Å². The second kappa shape index (κ2) is 6.22. The van der Waals surface area contributed by atoms with Crippen molar-refractivity contribution in [2.75, 3.05) is 0 Å². The molecule has 0 saturated carbocycles. The molecule has 0 aromatic carbocycles. The normalized spacial score (nSPS) is 14.0. The molecular weight excluding hydrogens is 237 g/mol. The van der Waals surface area contributed by atoms with Crippen LogP contribution in [0, 0.1) is 0 Å². The van der Waals surface area contributed by atoms with E-state index in [1.54, 1.807) is 11.3 Å². The largest absolute Gasteiger partial charge is 0.389 e. The molecule has 0 spiro atoms. The van der Waals surface area contributed by atoms with E-state index < -0.39 is 12.6 Å². The van der Waals surface area contributed by atoms with Crippen LogP contribution in [0.5, 0.6) is 0 Å². The first-order valence-electron chi connectivity index (χ1n) is 5.05. The molecule has 3 N–H and O–H groups in total. The van der Waals surface area contributed by atoms with Gasteiger partial charge < -0.3 is 0 Å². The molecule has 0 fully saturated rings. The lowest BCUT2D eigenvalue weighted by Gasteiger charge is -2.16. The van der Waals surface area contributed by atoms with Crippen LogP contribution in [0.1, 0.15) is 24.8 Å². The Morgan fingerprint density at radius 1 is 1.38 bits per heavy atom. The Morgan fingerprint density at radius 3 is 2.62 bits per heavy atom. The molecule has 0 amide bonds. The van der Waals surface area contributed by atoms with Gasteiger partial charge in [-0.05, 0) is 41.7 Å². The molecule has 0 aliphatic heterocycles. The third-order valence-corrected chi connectivity index (χ3v) is 3.11. The number of rotatable bonds is 6. The van der Waals surface area contributed by atoms with Crippen molar-refractivity contribution in [3.8, 4) is 0 Å². The van der Waals surface area contributed by atoms with E-state index in [1.807, 2.05) is 16.8 Å². The van der Waals surface area contributed by atoms with Crippen LogP contribution in [0.4, 0.5) is 13.2 Å². The van der Waals surface area contributed by atoms with Crippen molar-refractivity contribution in [1.82, 2.24) is 5.43 Å². The fraction of sp³-hybridized carbons (Fsp3) is 0.600. The minimum Gasteiger partial charge on any atom is -0.271 e. The molecule has 1 heterocycles. The minimum absolute atomic E-state index is 0.0319. The monoisotopic (exact) mass is 252 g/mol. The number of nitrogens with two attached hydrogens (primary N) is 1. The summed E-state index contributed by atoms with van der Waals surface area (Å²) >= 11 is 1.58. The van der Waals surface area contributed by atoms with E-state index in [0.717, 1.165) is 12.0 Å². The first-order valence-corrected chi connectivity index (χ1v) is 5.99. The Balaban J connectivity index is 2.27. The maximum absolute atomic E-state index is 12.0. The van der Waals surface area contributed by atoms with Crippen molar-refractivity contribution >= 4 is 11.3 Å². The molecule has 0 bridgehead atoms. The summed E-state index contributed by atoms with van der Waals surface area (Å²) in [7, 11) is 0. The fourth-order valence-corrected chi connectivity index (χ4v) is 2.13. The second-order valence-electron chi connectivity index (χ2n) is 3.69. The summed E-state index contributed by atoms with van der Waals surface area (Å²) in [6, 6.07) is 1.70. The molecule has 6 heteroatoms. The number of halogens is 3. The zero-order valence-corrected chi connectivity index (χ0v) is 9.57. The first kappa shape index (κ1) is 13.5. The third-order valence-electron chi connectivity index (χ3n) is 2.37. The fourth-order valence-electron chi connectivity index (χ4n) is 1.42. The minimum atomic E-state index is -4.10. The molecule has 16 heavy (non-hydrogen) atoms. The number of hydrazine groups is 1. The lowest BCUT2D eigenvalue weighted by Crippen LogP contribution is -2.36. The summed E-state index contributed by atoms with van der Waals surface area (Å²) in [6.45, 7) is 0. The van der Waals surface area contributed by atoms with Gasteiger partial charge >= 0.3 is 6.18 Å². The Labute approximate surface area is 96.6 Å². The van der Waals surface area contributed by atoms with Gasteiger partial charge in [-0.15, -0.1) is 0 Å². The number of hydrogen-bond donors (Lipinski definition) is 2. The van der Waals surface area contributed by atoms with Gasteiger partial charge in [-0.2, -0.15) is 24.5 Å². The molecule has 1 atom stereocenters. The zero-order chi connectivity index (χ0) is 12.0. The molecule has 0 saturated heterocycles. The summed E-state index contributed by atoms with van der Waals surface area (Å²) in [6.07, 6.45) is -3.47. The van der Waals surface area contributed by atoms with Crippen molar-refractivity contribution in [2.24, 2.45) is 5.84 Å². The summed E-state index contributed by atoms with van der Waals surface area (Å²) in [4.78, 5) is 0. The summed E-state index contributed by atoms with van der Waals surface area (Å²) in [5.41, 5.74) is 3.59. The van der Waals surface area contributed by atoms with E-state index in [9.17, 15) is 13.2 Å². The van der Waals surface area contributed by atoms with Gasteiger partial charge in [-0.25, -0.2) is 0 Å². The average Bonchev–Trinajstić information content (AvgIpc) is 2.69. The second-order valence-corrected chi connectivity index (χ2v) is 4.47. The van der Waals surface area contributed by atoms with E-state index >= 15 is 0 Å². The van der Waals surface area contributed by atoms with Crippen LogP contribution in [0.2, 0.25) is 0 Å². The summed E-state index contributed by atoms with van der Waals surface area (Å²) in [5, 5.41) is 3.95. The van der Waals surface area contributed by atoms with Crippen molar-refractivity contribution < 1.29 is 13.2 Å². The van der Waals surface area contributed by atoms with Gasteiger partial charge in [0.15, 0.2) is 0 Å². The molecule has 1 aromatic heterocycles. The van der Waals surface area contributed by atoms with Crippen LogP contribution in [0.25, 0.3) is 0 Å². The van der Waals surface area contributed by atoms with Crippen LogP contribution < -0.4 is 11.3 Å². The van der Waals surface area contributed by atoms with Gasteiger partial charge in [0.1, 0.15) is 0 Å². The summed E-state index contributed by atoms with van der Waals surface area (Å²) < 4.78 is 36.0. The Bertz CT molecular complexity index is 285. The van der Waals surface area contributed by atoms with E-state index in [-0.39, 0.29) is 12.5 Å². The SMILES string of the molecule is NNC(CCc1ccsc1)CCC(F)(F)F. The van der Waals surface area contributed by atoms with Gasteiger partial charge in [-0.3, -0.25) is 11.3 Å². The summed E-state index contributed by atoms with van der Waals surface area (Å²) in [5.74, 6) is 5.23. The average molecular weight is 252 g/mol. The third kappa shape index (κ3) is 5.48. The lowest BCUT2D eigenvalue weighted by atomic mass is 10.0. The maximum atomic E-state index is 12.0. The van der Waals surface area contributed by atoms with Crippen LogP contribution in [0.15, 0.2) is 16.8 Å². The molecule has 2 nitrogen and oxygen atoms in total. The van der Waals surface area contributed by atoms with Crippen LogP contribution in [0.3, 0.4) is 0 Å². The van der Waals surface area contributed by atoms with E-state index in [1.165, 1.54) is 0 Å². The number of nitrogens with one attached hydrogen (secondary N) is 1. The van der Waals surface area contributed by atoms with Gasteiger partial charge in [0.05, 0.1) is 0 Å².